The average Bonchev–Trinajstić information content (AvgIpc) is 1.68. The van der Waals surface area contributed by atoms with Crippen LogP contribution in [0.1, 0.15) is 91.3 Å². The maximum atomic E-state index is 13.8. The number of anilines is 3. The van der Waals surface area contributed by atoms with Crippen LogP contribution in [0.25, 0.3) is 44.8 Å². The summed E-state index contributed by atoms with van der Waals surface area (Å²) in [4.78, 5) is 91.4. The minimum Gasteiger partial charge on any atom is -0.427 e. The maximum Gasteiger partial charge on any atom is 0.519 e. The molecule has 15 rings (SSSR count). The number of fused-ring (bicyclic) bond motifs is 3. The number of ether oxygens (including phenoxy) is 5. The molecule has 38 nitrogen and oxygen atoms in total. The molecule has 642 valence electrons. The van der Waals surface area contributed by atoms with Crippen molar-refractivity contribution < 1.29 is 91.0 Å². The molecular weight excluding hydrogens is 1850 g/mol. The van der Waals surface area contributed by atoms with E-state index in [1.165, 1.54) is 19.0 Å². The van der Waals surface area contributed by atoms with Gasteiger partial charge in [0.25, 0.3) is 22.6 Å². The molecule has 0 radical (unpaired) electrons. The van der Waals surface area contributed by atoms with Crippen LogP contribution in [-0.2, 0) is 117 Å². The number of hydrogen-bond acceptors (Lipinski definition) is 32. The first-order valence-electron chi connectivity index (χ1n) is 37.3. The van der Waals surface area contributed by atoms with Crippen molar-refractivity contribution in [3.63, 3.8) is 0 Å². The summed E-state index contributed by atoms with van der Waals surface area (Å²) in [5, 5.41) is 0. The second-order valence-electron chi connectivity index (χ2n) is 27.5. The van der Waals surface area contributed by atoms with Crippen LogP contribution in [0.2, 0.25) is 0 Å². The summed E-state index contributed by atoms with van der Waals surface area (Å²) in [5.74, 6) is -4.09. The van der Waals surface area contributed by atoms with E-state index in [2.05, 4.69) is 99.2 Å². The number of H-pyrrole nitrogens is 3. The highest BCUT2D eigenvalue weighted by Gasteiger charge is 2.45. The fourth-order valence-corrected chi connectivity index (χ4v) is 18.0. The predicted molar refractivity (Wildman–Crippen MR) is 442 cm³/mol. The Kier molecular flexibility index (Phi) is 29.6. The van der Waals surface area contributed by atoms with Crippen molar-refractivity contribution in [2.75, 3.05) is 62.7 Å². The van der Waals surface area contributed by atoms with Crippen LogP contribution in [0.4, 0.5) is 26.6 Å². The molecule has 0 bridgehead atoms. The highest BCUT2D eigenvalue weighted by molar-refractivity contribution is 9.11. The number of aromatic amines is 3. The third-order valence-corrected chi connectivity index (χ3v) is 24.7. The van der Waals surface area contributed by atoms with Crippen LogP contribution in [0.5, 0.6) is 0 Å². The SMILES string of the molecule is C=C1OC(COP(=O)(COCCn2cnc3c(=O)[nH]c(N)nc32)OCc2cccc(Br)c2)=C(C2CCC(F)(F)C2)O1.Nc1nc2c(ncn2CCOCP(=O)(OCc2cccc(Br)c2)OCc2oc(=O)oc2-c2ccccc2)c(=O)[nH]1.Nc1nc2c(ncn2CCOCP(=O)(OCc2cccc(Br)c2)OCc2oc(=O)oc2C2CCCCC2)c(=O)[nH]1. The lowest BCUT2D eigenvalue weighted by molar-refractivity contribution is 0.00451. The molecule has 8 aromatic heterocycles. The fourth-order valence-electron chi connectivity index (χ4n) is 12.9. The Morgan fingerprint density at radius 2 is 0.909 bits per heavy atom. The first-order valence-corrected chi connectivity index (χ1v) is 44.8. The minimum atomic E-state index is -3.93. The zero-order valence-electron chi connectivity index (χ0n) is 64.1. The lowest BCUT2D eigenvalue weighted by Crippen LogP contribution is -2.14. The minimum absolute atomic E-state index is 0.00300. The molecule has 9 heterocycles. The molecule has 9 N–H and O–H groups in total. The molecule has 0 amide bonds. The Morgan fingerprint density at radius 1 is 0.496 bits per heavy atom. The molecule has 46 heteroatoms. The predicted octanol–water partition coefficient (Wildman–Crippen LogP) is 14.0. The van der Waals surface area contributed by atoms with Crippen molar-refractivity contribution in [1.29, 1.82) is 0 Å². The third kappa shape index (κ3) is 24.3. The Labute approximate surface area is 708 Å². The molecule has 3 aliphatic rings. The third-order valence-electron chi connectivity index (χ3n) is 18.6. The van der Waals surface area contributed by atoms with E-state index in [1.807, 2.05) is 60.7 Å². The highest BCUT2D eigenvalue weighted by atomic mass is 79.9. The van der Waals surface area contributed by atoms with Crippen molar-refractivity contribution in [2.24, 2.45) is 5.92 Å². The van der Waals surface area contributed by atoms with Gasteiger partial charge in [-0.3, -0.25) is 56.6 Å². The highest BCUT2D eigenvalue weighted by Crippen LogP contribution is 2.54. The van der Waals surface area contributed by atoms with Crippen LogP contribution >= 0.6 is 70.6 Å². The molecule has 0 spiro atoms. The van der Waals surface area contributed by atoms with E-state index in [1.54, 1.807) is 56.2 Å². The number of nitrogen functional groups attached to an aromatic ring is 3. The van der Waals surface area contributed by atoms with Crippen LogP contribution < -0.4 is 45.5 Å². The van der Waals surface area contributed by atoms with Gasteiger partial charge in [0.05, 0.1) is 58.6 Å². The number of nitrogens with zero attached hydrogens (tertiary/aromatic N) is 9. The lowest BCUT2D eigenvalue weighted by Gasteiger charge is -2.21. The first kappa shape index (κ1) is 88.8. The molecule has 121 heavy (non-hydrogen) atoms. The Balaban J connectivity index is 0.000000157. The number of nitrogens with one attached hydrogen (secondary N) is 3. The topological polar surface area (TPSA) is 508 Å². The van der Waals surface area contributed by atoms with Crippen LogP contribution in [-0.4, -0.2) is 110 Å². The second kappa shape index (κ2) is 40.4. The van der Waals surface area contributed by atoms with Crippen molar-refractivity contribution in [2.45, 2.75) is 116 Å². The van der Waals surface area contributed by atoms with E-state index in [0.29, 0.717) is 22.6 Å². The summed E-state index contributed by atoms with van der Waals surface area (Å²) in [6.07, 6.45) is 7.59. The fraction of sp³-hybridized carbons (Fsp3) is 0.347. The van der Waals surface area contributed by atoms with Crippen LogP contribution in [0, 0.1) is 5.92 Å². The number of hydrogen-bond donors (Lipinski definition) is 6. The summed E-state index contributed by atoms with van der Waals surface area (Å²) in [7, 11) is -11.7. The summed E-state index contributed by atoms with van der Waals surface area (Å²) in [6, 6.07) is 30.7. The Bertz CT molecular complexity index is 6160. The number of rotatable bonds is 36. The zero-order chi connectivity index (χ0) is 85.4. The Hall–Kier alpha value is -9.94. The molecular formula is C75H79Br3F2N15O23P3. The molecule has 2 aliphatic carbocycles. The normalized spacial score (nSPS) is 16.3. The summed E-state index contributed by atoms with van der Waals surface area (Å²) < 4.78 is 160. The number of aromatic nitrogens is 12. The zero-order valence-corrected chi connectivity index (χ0v) is 71.5. The van der Waals surface area contributed by atoms with E-state index in [9.17, 15) is 46.4 Å². The largest absolute Gasteiger partial charge is 0.519 e. The molecule has 12 aromatic rings. The van der Waals surface area contributed by atoms with Gasteiger partial charge in [-0.1, -0.05) is 134 Å². The standard InChI is InChI=1S/C25H27BrF2N5O7P.C25H29BrN5O8P.C25H23BrN5O8P/c1-15-39-19(21(40-15)17-5-6-25(27,28)10-17)12-38-41(35,37-11-16-3-2-4-18(26)9-16)14-36-8-7-33-13-30-20-22(33)31-24(29)32-23(20)34;2*26-18-8-4-5-16(11-18)12-36-40(34,37-13-19-21(39-25(33)38-19)17-6-2-1-3-7-17)15-35-10-9-31-14-28-20-22(31)29-24(27)30-23(20)32/h2-4,9,13,17H,1,5-8,10-12,14H2,(H3,29,31,32,34);4-5,8,11,14,17H,1-3,6-7,9-10,12-13,15H2,(H3,27,29,30,32);1-8,11,14H,9-10,12-13,15H2,(H3,27,29,30,32). The van der Waals surface area contributed by atoms with Gasteiger partial charge in [0.1, 0.15) is 38.9 Å². The van der Waals surface area contributed by atoms with Crippen molar-refractivity contribution >= 4 is 122 Å². The number of benzene rings is 4. The van der Waals surface area contributed by atoms with Gasteiger partial charge in [0.15, 0.2) is 68.1 Å². The van der Waals surface area contributed by atoms with Gasteiger partial charge in [-0.05, 0) is 78.9 Å². The molecule has 1 aliphatic heterocycles. The number of allylic oxidation sites excluding steroid dienone is 1. The number of halogens is 5. The lowest BCUT2D eigenvalue weighted by atomic mass is 9.87. The van der Waals surface area contributed by atoms with E-state index >= 15 is 0 Å². The smallest absolute Gasteiger partial charge is 0.427 e. The van der Waals surface area contributed by atoms with Crippen molar-refractivity contribution in [3.8, 4) is 11.3 Å². The molecule has 0 saturated heterocycles. The molecule has 4 unspecified atom stereocenters. The molecule has 4 atom stereocenters. The van der Waals surface area contributed by atoms with Crippen molar-refractivity contribution in [1.82, 2.24) is 58.6 Å². The van der Waals surface area contributed by atoms with E-state index in [4.69, 9.17) is 85.7 Å². The number of imidazole rings is 3. The summed E-state index contributed by atoms with van der Waals surface area (Å²) >= 11 is 10.2. The Morgan fingerprint density at radius 3 is 1.34 bits per heavy atom. The van der Waals surface area contributed by atoms with Gasteiger partial charge in [-0.2, -0.15) is 15.0 Å². The van der Waals surface area contributed by atoms with Gasteiger partial charge < -0.3 is 85.8 Å². The van der Waals surface area contributed by atoms with Crippen LogP contribution in [0.15, 0.2) is 201 Å². The summed E-state index contributed by atoms with van der Waals surface area (Å²) in [5.41, 5.74) is 19.7. The van der Waals surface area contributed by atoms with E-state index in [0.717, 1.165) is 62.2 Å². The van der Waals surface area contributed by atoms with E-state index in [-0.39, 0.29) is 179 Å². The first-order chi connectivity index (χ1) is 58.1. The monoisotopic (exact) mass is 1930 g/mol. The quantitative estimate of drug-likeness (QED) is 0.0157. The maximum absolute atomic E-state index is 13.8. The molecule has 4 aromatic carbocycles. The number of alkyl halides is 2. The average molecular weight is 1930 g/mol. The van der Waals surface area contributed by atoms with Gasteiger partial charge in [0.2, 0.25) is 23.8 Å². The van der Waals surface area contributed by atoms with Gasteiger partial charge in [0, 0.05) is 63.3 Å². The van der Waals surface area contributed by atoms with E-state index < -0.39 is 82.1 Å². The van der Waals surface area contributed by atoms with Gasteiger partial charge in [-0.15, -0.1) is 0 Å². The second-order valence-corrected chi connectivity index (χ2v) is 36.2. The number of nitrogens with two attached hydrogens (primary N) is 3. The van der Waals surface area contributed by atoms with Gasteiger partial charge >= 0.3 is 34.4 Å². The van der Waals surface area contributed by atoms with Crippen molar-refractivity contribution in [3.05, 3.63) is 246 Å². The summed E-state index contributed by atoms with van der Waals surface area (Å²) in [6.45, 7) is 3.39. The molecule has 2 fully saturated rings. The van der Waals surface area contributed by atoms with Crippen LogP contribution in [0.3, 0.4) is 0 Å². The molecule has 2 saturated carbocycles. The van der Waals surface area contributed by atoms with Gasteiger partial charge in [-0.25, -0.2) is 33.3 Å².